The molecule has 5 nitrogen and oxygen atoms in total. The molecule has 0 aliphatic carbocycles. The Morgan fingerprint density at radius 3 is 2.90 bits per heavy atom. The number of aliphatic hydroxyl groups is 1. The molecule has 0 aromatic carbocycles. The molecule has 21 heavy (non-hydrogen) atoms. The Kier molecular flexibility index (Phi) is 7.96. The third-order valence-corrected chi connectivity index (χ3v) is 4.55. The van der Waals surface area contributed by atoms with Crippen molar-refractivity contribution in [3.63, 3.8) is 0 Å². The van der Waals surface area contributed by atoms with Crippen LogP contribution in [0.15, 0.2) is 0 Å². The van der Waals surface area contributed by atoms with Crippen molar-refractivity contribution >= 4 is 0 Å². The van der Waals surface area contributed by atoms with E-state index in [0.29, 0.717) is 38.4 Å². The normalized spacial score (nSPS) is 27.1. The second kappa shape index (κ2) is 9.74. The summed E-state index contributed by atoms with van der Waals surface area (Å²) in [6, 6.07) is 1.25. The Balaban J connectivity index is 1.45. The zero-order chi connectivity index (χ0) is 14.9. The van der Waals surface area contributed by atoms with Gasteiger partial charge in [0.15, 0.2) is 0 Å². The van der Waals surface area contributed by atoms with Crippen LogP contribution in [-0.2, 0) is 9.47 Å². The number of aliphatic hydroxyl groups excluding tert-OH is 1. The van der Waals surface area contributed by atoms with E-state index in [0.717, 1.165) is 19.4 Å². The molecule has 2 fully saturated rings. The molecule has 3 atom stereocenters. The summed E-state index contributed by atoms with van der Waals surface area (Å²) in [6.07, 6.45) is 5.68. The van der Waals surface area contributed by atoms with E-state index in [1.807, 2.05) is 0 Å². The molecule has 2 saturated heterocycles. The summed E-state index contributed by atoms with van der Waals surface area (Å²) in [5.74, 6) is 0. The van der Waals surface area contributed by atoms with Gasteiger partial charge in [-0.05, 0) is 32.2 Å². The minimum atomic E-state index is -0.420. The SMILES string of the molecule is CCCCOCCOCC(O)CNC1CCN2CCCC12. The van der Waals surface area contributed by atoms with Crippen LogP contribution >= 0.6 is 0 Å². The van der Waals surface area contributed by atoms with Gasteiger partial charge in [0.1, 0.15) is 0 Å². The number of nitrogens with zero attached hydrogens (tertiary/aromatic N) is 1. The van der Waals surface area contributed by atoms with Gasteiger partial charge >= 0.3 is 0 Å². The van der Waals surface area contributed by atoms with Gasteiger partial charge in [0.05, 0.1) is 25.9 Å². The fourth-order valence-corrected chi connectivity index (χ4v) is 3.35. The summed E-state index contributed by atoms with van der Waals surface area (Å²) in [4.78, 5) is 2.58. The topological polar surface area (TPSA) is 54.0 Å². The van der Waals surface area contributed by atoms with Crippen molar-refractivity contribution < 1.29 is 14.6 Å². The highest BCUT2D eigenvalue weighted by Crippen LogP contribution is 2.27. The lowest BCUT2D eigenvalue weighted by atomic mass is 10.1. The second-order valence-corrected chi connectivity index (χ2v) is 6.24. The molecule has 0 spiro atoms. The lowest BCUT2D eigenvalue weighted by Crippen LogP contribution is -2.43. The van der Waals surface area contributed by atoms with Crippen LogP contribution in [0, 0.1) is 0 Å². The van der Waals surface area contributed by atoms with Gasteiger partial charge in [0.2, 0.25) is 0 Å². The Morgan fingerprint density at radius 1 is 1.19 bits per heavy atom. The van der Waals surface area contributed by atoms with Crippen molar-refractivity contribution in [3.05, 3.63) is 0 Å². The third-order valence-electron chi connectivity index (χ3n) is 4.55. The predicted octanol–water partition coefficient (Wildman–Crippen LogP) is 1.01. The molecule has 2 rings (SSSR count). The van der Waals surface area contributed by atoms with E-state index in [9.17, 15) is 5.11 Å². The average molecular weight is 300 g/mol. The molecule has 0 saturated carbocycles. The molecule has 2 aliphatic heterocycles. The van der Waals surface area contributed by atoms with Crippen LogP contribution in [0.1, 0.15) is 39.0 Å². The standard InChI is InChI=1S/C16H32N2O3/c1-2-3-9-20-10-11-21-13-14(19)12-17-15-6-8-18-7-4-5-16(15)18/h14-17,19H,2-13H2,1H3. The highest BCUT2D eigenvalue weighted by molar-refractivity contribution is 4.95. The number of nitrogens with one attached hydrogen (secondary N) is 1. The van der Waals surface area contributed by atoms with Crippen LogP contribution in [0.2, 0.25) is 0 Å². The number of rotatable bonds is 11. The van der Waals surface area contributed by atoms with E-state index in [-0.39, 0.29) is 0 Å². The molecule has 5 heteroatoms. The van der Waals surface area contributed by atoms with E-state index in [1.165, 1.54) is 32.4 Å². The molecule has 124 valence electrons. The van der Waals surface area contributed by atoms with Gasteiger partial charge in [-0.1, -0.05) is 13.3 Å². The number of hydrogen-bond acceptors (Lipinski definition) is 5. The highest BCUT2D eigenvalue weighted by atomic mass is 16.5. The van der Waals surface area contributed by atoms with Crippen molar-refractivity contribution in [2.24, 2.45) is 0 Å². The lowest BCUT2D eigenvalue weighted by molar-refractivity contribution is 0.00299. The van der Waals surface area contributed by atoms with Gasteiger partial charge < -0.3 is 19.9 Å². The Hall–Kier alpha value is -0.200. The van der Waals surface area contributed by atoms with Crippen molar-refractivity contribution in [2.75, 3.05) is 46.1 Å². The first kappa shape index (κ1) is 17.2. The number of fused-ring (bicyclic) bond motifs is 1. The summed E-state index contributed by atoms with van der Waals surface area (Å²) < 4.78 is 10.9. The average Bonchev–Trinajstić information content (AvgIpc) is 3.07. The van der Waals surface area contributed by atoms with Crippen LogP contribution in [0.5, 0.6) is 0 Å². The number of hydrogen-bond donors (Lipinski definition) is 2. The minimum absolute atomic E-state index is 0.394. The van der Waals surface area contributed by atoms with E-state index in [1.54, 1.807) is 0 Å². The van der Waals surface area contributed by atoms with Gasteiger partial charge in [0.25, 0.3) is 0 Å². The number of ether oxygens (including phenoxy) is 2. The van der Waals surface area contributed by atoms with Crippen LogP contribution in [0.4, 0.5) is 0 Å². The predicted molar refractivity (Wildman–Crippen MR) is 83.6 cm³/mol. The fraction of sp³-hybridized carbons (Fsp3) is 1.00. The zero-order valence-electron chi connectivity index (χ0n) is 13.4. The second-order valence-electron chi connectivity index (χ2n) is 6.24. The molecule has 3 unspecified atom stereocenters. The first-order valence-electron chi connectivity index (χ1n) is 8.62. The monoisotopic (exact) mass is 300 g/mol. The molecule has 2 N–H and O–H groups in total. The van der Waals surface area contributed by atoms with E-state index < -0.39 is 6.10 Å². The van der Waals surface area contributed by atoms with Crippen molar-refractivity contribution in [1.82, 2.24) is 10.2 Å². The van der Waals surface area contributed by atoms with Crippen LogP contribution in [0.3, 0.4) is 0 Å². The van der Waals surface area contributed by atoms with Gasteiger partial charge in [-0.15, -0.1) is 0 Å². The quantitative estimate of drug-likeness (QED) is 0.558. The van der Waals surface area contributed by atoms with Gasteiger partial charge in [0, 0.05) is 31.8 Å². The molecule has 2 heterocycles. The van der Waals surface area contributed by atoms with Crippen LogP contribution < -0.4 is 5.32 Å². The lowest BCUT2D eigenvalue weighted by Gasteiger charge is -2.22. The first-order chi connectivity index (χ1) is 10.3. The van der Waals surface area contributed by atoms with Crippen molar-refractivity contribution in [3.8, 4) is 0 Å². The third kappa shape index (κ3) is 5.83. The Labute approximate surface area is 129 Å². The van der Waals surface area contributed by atoms with Crippen molar-refractivity contribution in [1.29, 1.82) is 0 Å². The summed E-state index contributed by atoms with van der Waals surface area (Å²) in [6.45, 7) is 7.65. The smallest absolute Gasteiger partial charge is 0.0897 e. The van der Waals surface area contributed by atoms with E-state index in [2.05, 4.69) is 17.1 Å². The van der Waals surface area contributed by atoms with Gasteiger partial charge in [-0.2, -0.15) is 0 Å². The summed E-state index contributed by atoms with van der Waals surface area (Å²) in [5, 5.41) is 13.5. The van der Waals surface area contributed by atoms with Gasteiger partial charge in [-0.3, -0.25) is 4.90 Å². The highest BCUT2D eigenvalue weighted by Gasteiger charge is 2.36. The largest absolute Gasteiger partial charge is 0.389 e. The van der Waals surface area contributed by atoms with Crippen LogP contribution in [0.25, 0.3) is 0 Å². The fourth-order valence-electron chi connectivity index (χ4n) is 3.35. The number of unbranched alkanes of at least 4 members (excludes halogenated alkanes) is 1. The summed E-state index contributed by atoms with van der Waals surface area (Å²) >= 11 is 0. The summed E-state index contributed by atoms with van der Waals surface area (Å²) in [7, 11) is 0. The molecular weight excluding hydrogens is 268 g/mol. The maximum atomic E-state index is 9.95. The van der Waals surface area contributed by atoms with Crippen molar-refractivity contribution in [2.45, 2.75) is 57.2 Å². The molecular formula is C16H32N2O3. The minimum Gasteiger partial charge on any atom is -0.389 e. The Bertz CT molecular complexity index is 278. The van der Waals surface area contributed by atoms with Crippen LogP contribution in [-0.4, -0.2) is 74.3 Å². The van der Waals surface area contributed by atoms with Gasteiger partial charge in [-0.25, -0.2) is 0 Å². The molecule has 0 aromatic heterocycles. The molecule has 0 radical (unpaired) electrons. The Morgan fingerprint density at radius 2 is 2.05 bits per heavy atom. The molecule has 0 aromatic rings. The maximum Gasteiger partial charge on any atom is 0.0897 e. The maximum absolute atomic E-state index is 9.95. The van der Waals surface area contributed by atoms with E-state index in [4.69, 9.17) is 9.47 Å². The molecule has 0 bridgehead atoms. The first-order valence-corrected chi connectivity index (χ1v) is 8.62. The summed E-state index contributed by atoms with van der Waals surface area (Å²) in [5.41, 5.74) is 0. The molecule has 0 amide bonds. The zero-order valence-corrected chi connectivity index (χ0v) is 13.4. The molecule has 2 aliphatic rings. The van der Waals surface area contributed by atoms with E-state index >= 15 is 0 Å².